The summed E-state index contributed by atoms with van der Waals surface area (Å²) in [5.74, 6) is 0.463. The molecule has 0 amide bonds. The SMILES string of the molecule is Nc1ccc([N+](=O)[O-])c(S(=O)(=O)N2CCS(=O)CC2)c1. The van der Waals surface area contributed by atoms with Crippen LogP contribution in [0.3, 0.4) is 0 Å². The Hall–Kier alpha value is -1.52. The minimum atomic E-state index is -4.01. The molecule has 1 aromatic rings. The molecule has 0 unspecified atom stereocenters. The number of hydrogen-bond donors (Lipinski definition) is 1. The Bertz CT molecular complexity index is 663. The minimum Gasteiger partial charge on any atom is -0.399 e. The van der Waals surface area contributed by atoms with E-state index in [1.165, 1.54) is 6.07 Å². The maximum Gasteiger partial charge on any atom is 0.289 e. The number of benzene rings is 1. The first-order chi connectivity index (χ1) is 9.32. The van der Waals surface area contributed by atoms with Gasteiger partial charge in [-0.1, -0.05) is 0 Å². The second kappa shape index (κ2) is 5.46. The molecule has 0 spiro atoms. The van der Waals surface area contributed by atoms with E-state index in [-0.39, 0.29) is 30.3 Å². The zero-order valence-electron chi connectivity index (χ0n) is 10.4. The summed E-state index contributed by atoms with van der Waals surface area (Å²) < 4.78 is 37.2. The number of nitro benzene ring substituents is 1. The van der Waals surface area contributed by atoms with Gasteiger partial charge < -0.3 is 5.73 Å². The van der Waals surface area contributed by atoms with E-state index in [0.717, 1.165) is 16.4 Å². The first-order valence-electron chi connectivity index (χ1n) is 5.71. The van der Waals surface area contributed by atoms with E-state index in [4.69, 9.17) is 5.73 Å². The Kier molecular flexibility index (Phi) is 4.06. The van der Waals surface area contributed by atoms with Crippen molar-refractivity contribution in [3.05, 3.63) is 28.3 Å². The number of nitrogens with two attached hydrogens (primary N) is 1. The lowest BCUT2D eigenvalue weighted by atomic mass is 10.3. The topological polar surface area (TPSA) is 124 Å². The van der Waals surface area contributed by atoms with E-state index >= 15 is 0 Å². The number of sulfonamides is 1. The Morgan fingerprint density at radius 2 is 1.90 bits per heavy atom. The fourth-order valence-corrected chi connectivity index (χ4v) is 4.81. The van der Waals surface area contributed by atoms with Gasteiger partial charge in [0.05, 0.1) is 4.92 Å². The third-order valence-electron chi connectivity index (χ3n) is 2.94. The van der Waals surface area contributed by atoms with Gasteiger partial charge in [0.15, 0.2) is 4.90 Å². The monoisotopic (exact) mass is 319 g/mol. The van der Waals surface area contributed by atoms with Crippen molar-refractivity contribution < 1.29 is 17.6 Å². The fourth-order valence-electron chi connectivity index (χ4n) is 1.89. The molecule has 1 aliphatic rings. The van der Waals surface area contributed by atoms with Gasteiger partial charge in [-0.05, 0) is 12.1 Å². The molecule has 2 N–H and O–H groups in total. The van der Waals surface area contributed by atoms with Crippen LogP contribution in [0.15, 0.2) is 23.1 Å². The van der Waals surface area contributed by atoms with Crippen molar-refractivity contribution in [1.82, 2.24) is 4.31 Å². The molecule has 1 aromatic carbocycles. The van der Waals surface area contributed by atoms with Gasteiger partial charge in [0, 0.05) is 47.1 Å². The molecule has 0 radical (unpaired) electrons. The van der Waals surface area contributed by atoms with Crippen LogP contribution in [0.25, 0.3) is 0 Å². The molecule has 1 saturated heterocycles. The highest BCUT2D eigenvalue weighted by Crippen LogP contribution is 2.29. The van der Waals surface area contributed by atoms with E-state index < -0.39 is 36.3 Å². The summed E-state index contributed by atoms with van der Waals surface area (Å²) in [7, 11) is -5.04. The van der Waals surface area contributed by atoms with Crippen molar-refractivity contribution in [2.45, 2.75) is 4.90 Å². The predicted octanol–water partition coefficient (Wildman–Crippen LogP) is -0.0700. The zero-order valence-corrected chi connectivity index (χ0v) is 12.0. The highest BCUT2D eigenvalue weighted by molar-refractivity contribution is 7.89. The Morgan fingerprint density at radius 1 is 1.30 bits per heavy atom. The normalized spacial score (nSPS) is 18.0. The van der Waals surface area contributed by atoms with Crippen LogP contribution in [0.4, 0.5) is 11.4 Å². The molecule has 8 nitrogen and oxygen atoms in total. The van der Waals surface area contributed by atoms with Crippen LogP contribution < -0.4 is 5.73 Å². The van der Waals surface area contributed by atoms with Crippen LogP contribution in [-0.2, 0) is 20.8 Å². The summed E-state index contributed by atoms with van der Waals surface area (Å²) in [5.41, 5.74) is 5.15. The number of rotatable bonds is 3. The highest BCUT2D eigenvalue weighted by atomic mass is 32.2. The molecular weight excluding hydrogens is 306 g/mol. The van der Waals surface area contributed by atoms with Crippen molar-refractivity contribution in [3.8, 4) is 0 Å². The van der Waals surface area contributed by atoms with Crippen LogP contribution in [0, 0.1) is 10.1 Å². The largest absolute Gasteiger partial charge is 0.399 e. The van der Waals surface area contributed by atoms with Gasteiger partial charge in [-0.25, -0.2) is 8.42 Å². The first kappa shape index (κ1) is 14.9. The minimum absolute atomic E-state index is 0.0842. The van der Waals surface area contributed by atoms with Gasteiger partial charge in [-0.2, -0.15) is 4.31 Å². The summed E-state index contributed by atoms with van der Waals surface area (Å²) in [5, 5.41) is 10.9. The summed E-state index contributed by atoms with van der Waals surface area (Å²) in [6, 6.07) is 3.44. The zero-order chi connectivity index (χ0) is 14.9. The first-order valence-corrected chi connectivity index (χ1v) is 8.64. The summed E-state index contributed by atoms with van der Waals surface area (Å²) in [6.07, 6.45) is 0. The average Bonchev–Trinajstić information content (AvgIpc) is 2.38. The van der Waals surface area contributed by atoms with Gasteiger partial charge in [0.25, 0.3) is 5.69 Å². The molecule has 1 fully saturated rings. The smallest absolute Gasteiger partial charge is 0.289 e. The lowest BCUT2D eigenvalue weighted by Gasteiger charge is -2.25. The molecule has 0 aliphatic carbocycles. The molecule has 0 bridgehead atoms. The second-order valence-corrected chi connectivity index (χ2v) is 7.84. The predicted molar refractivity (Wildman–Crippen MR) is 74.1 cm³/mol. The van der Waals surface area contributed by atoms with E-state index in [2.05, 4.69) is 0 Å². The lowest BCUT2D eigenvalue weighted by Crippen LogP contribution is -2.41. The molecule has 20 heavy (non-hydrogen) atoms. The second-order valence-electron chi connectivity index (χ2n) is 4.24. The number of hydrogen-bond acceptors (Lipinski definition) is 6. The highest BCUT2D eigenvalue weighted by Gasteiger charge is 2.33. The molecule has 10 heteroatoms. The molecule has 1 heterocycles. The number of nitrogens with zero attached hydrogens (tertiary/aromatic N) is 2. The number of nitrogen functional groups attached to an aromatic ring is 1. The van der Waals surface area contributed by atoms with Crippen molar-refractivity contribution in [3.63, 3.8) is 0 Å². The molecule has 0 saturated carbocycles. The van der Waals surface area contributed by atoms with Gasteiger partial charge in [0.1, 0.15) is 0 Å². The standard InChI is InChI=1S/C10H13N3O5S2/c11-8-1-2-9(13(14)15)10(7-8)20(17,18)12-3-5-19(16)6-4-12/h1-2,7H,3-6,11H2. The summed E-state index contributed by atoms with van der Waals surface area (Å²) in [4.78, 5) is 9.77. The Labute approximate surface area is 118 Å². The lowest BCUT2D eigenvalue weighted by molar-refractivity contribution is -0.387. The van der Waals surface area contributed by atoms with Crippen LogP contribution >= 0.6 is 0 Å². The van der Waals surface area contributed by atoms with Gasteiger partial charge in [0.2, 0.25) is 10.0 Å². The van der Waals surface area contributed by atoms with E-state index in [1.54, 1.807) is 0 Å². The molecule has 0 aromatic heterocycles. The van der Waals surface area contributed by atoms with Crippen molar-refractivity contribution in [1.29, 1.82) is 0 Å². The third-order valence-corrected chi connectivity index (χ3v) is 6.14. The van der Waals surface area contributed by atoms with Crippen LogP contribution in [0.2, 0.25) is 0 Å². The van der Waals surface area contributed by atoms with Crippen molar-refractivity contribution in [2.75, 3.05) is 30.3 Å². The Balaban J connectivity index is 2.46. The Morgan fingerprint density at radius 3 is 2.45 bits per heavy atom. The molecular formula is C10H13N3O5S2. The summed E-state index contributed by atoms with van der Waals surface area (Å²) >= 11 is 0. The molecule has 0 atom stereocenters. The maximum atomic E-state index is 12.4. The van der Waals surface area contributed by atoms with Crippen LogP contribution in [-0.4, -0.2) is 46.5 Å². The van der Waals surface area contributed by atoms with E-state index in [9.17, 15) is 22.7 Å². The maximum absolute atomic E-state index is 12.4. The average molecular weight is 319 g/mol. The molecule has 110 valence electrons. The van der Waals surface area contributed by atoms with E-state index in [0.29, 0.717) is 0 Å². The number of nitro groups is 1. The van der Waals surface area contributed by atoms with Crippen LogP contribution in [0.1, 0.15) is 0 Å². The van der Waals surface area contributed by atoms with Gasteiger partial charge >= 0.3 is 0 Å². The fraction of sp³-hybridized carbons (Fsp3) is 0.400. The van der Waals surface area contributed by atoms with Crippen LogP contribution in [0.5, 0.6) is 0 Å². The quantitative estimate of drug-likeness (QED) is 0.472. The van der Waals surface area contributed by atoms with E-state index in [1.807, 2.05) is 0 Å². The van der Waals surface area contributed by atoms with Crippen molar-refractivity contribution >= 4 is 32.2 Å². The molecule has 1 aliphatic heterocycles. The van der Waals surface area contributed by atoms with Crippen molar-refractivity contribution in [2.24, 2.45) is 0 Å². The molecule has 2 rings (SSSR count). The number of anilines is 1. The van der Waals surface area contributed by atoms with Gasteiger partial charge in [-0.3, -0.25) is 14.3 Å². The third kappa shape index (κ3) is 2.81. The summed E-state index contributed by atoms with van der Waals surface area (Å²) in [6.45, 7) is 0.168. The van der Waals surface area contributed by atoms with Gasteiger partial charge in [-0.15, -0.1) is 0 Å².